The van der Waals surface area contributed by atoms with Gasteiger partial charge in [0.25, 0.3) is 0 Å². The normalized spacial score (nSPS) is 9.80. The summed E-state index contributed by atoms with van der Waals surface area (Å²) in [6.45, 7) is 0. The van der Waals surface area contributed by atoms with Gasteiger partial charge in [0.05, 0.1) is 18.2 Å². The average Bonchev–Trinajstić information content (AvgIpc) is 2.61. The summed E-state index contributed by atoms with van der Waals surface area (Å²) in [7, 11) is 0. The summed E-state index contributed by atoms with van der Waals surface area (Å²) in [6, 6.07) is 11.0. The van der Waals surface area contributed by atoms with Crippen LogP contribution in [0.4, 0.5) is 0 Å². The van der Waals surface area contributed by atoms with Crippen LogP contribution in [0, 0.1) is 11.3 Å². The predicted molar refractivity (Wildman–Crippen MR) is 53.5 cm³/mol. The molecule has 0 aliphatic rings. The average molecular weight is 200 g/mol. The monoisotopic (exact) mass is 200 g/mol. The molecule has 5 nitrogen and oxygen atoms in total. The maximum absolute atomic E-state index is 11.5. The zero-order chi connectivity index (χ0) is 10.7. The number of aromatic amines is 1. The van der Waals surface area contributed by atoms with Crippen molar-refractivity contribution in [3.8, 4) is 11.8 Å². The van der Waals surface area contributed by atoms with Gasteiger partial charge in [-0.05, 0) is 12.1 Å². The SMILES string of the molecule is N#CCc1nn(-c2ccccc2)c(=O)[nH]1. The molecule has 0 spiro atoms. The Morgan fingerprint density at radius 1 is 1.40 bits per heavy atom. The Bertz CT molecular complexity index is 547. The fourth-order valence-electron chi connectivity index (χ4n) is 1.27. The summed E-state index contributed by atoms with van der Waals surface area (Å²) in [4.78, 5) is 14.0. The van der Waals surface area contributed by atoms with E-state index in [-0.39, 0.29) is 12.1 Å². The molecule has 0 saturated heterocycles. The zero-order valence-corrected chi connectivity index (χ0v) is 7.84. The lowest BCUT2D eigenvalue weighted by atomic mass is 10.3. The second kappa shape index (κ2) is 3.80. The van der Waals surface area contributed by atoms with Gasteiger partial charge in [0, 0.05) is 0 Å². The Labute approximate surface area is 85.6 Å². The summed E-state index contributed by atoms with van der Waals surface area (Å²) in [5.41, 5.74) is 0.356. The van der Waals surface area contributed by atoms with Crippen LogP contribution in [0.15, 0.2) is 35.1 Å². The van der Waals surface area contributed by atoms with Crippen molar-refractivity contribution >= 4 is 0 Å². The fourth-order valence-corrected chi connectivity index (χ4v) is 1.27. The van der Waals surface area contributed by atoms with E-state index in [9.17, 15) is 4.79 Å². The maximum Gasteiger partial charge on any atom is 0.348 e. The second-order valence-electron chi connectivity index (χ2n) is 2.96. The van der Waals surface area contributed by atoms with E-state index in [0.29, 0.717) is 11.5 Å². The molecule has 1 aromatic heterocycles. The van der Waals surface area contributed by atoms with E-state index in [1.807, 2.05) is 24.3 Å². The minimum absolute atomic E-state index is 0.106. The molecule has 74 valence electrons. The van der Waals surface area contributed by atoms with Gasteiger partial charge in [-0.15, -0.1) is 5.10 Å². The van der Waals surface area contributed by atoms with Crippen molar-refractivity contribution in [3.63, 3.8) is 0 Å². The molecule has 0 aliphatic carbocycles. The Hall–Kier alpha value is -2.35. The molecule has 1 heterocycles. The van der Waals surface area contributed by atoms with Gasteiger partial charge >= 0.3 is 5.69 Å². The molecule has 2 aromatic rings. The molecule has 0 radical (unpaired) electrons. The molecule has 1 N–H and O–H groups in total. The Balaban J connectivity index is 2.47. The standard InChI is InChI=1S/C10H8N4O/c11-7-6-9-12-10(15)14(13-9)8-4-2-1-3-5-8/h1-5H,6H2,(H,12,13,15). The molecule has 5 heteroatoms. The number of H-pyrrole nitrogens is 1. The minimum atomic E-state index is -0.327. The van der Waals surface area contributed by atoms with Crippen molar-refractivity contribution in [1.29, 1.82) is 5.26 Å². The van der Waals surface area contributed by atoms with Gasteiger partial charge in [-0.3, -0.25) is 4.98 Å². The Kier molecular flexibility index (Phi) is 2.33. The number of hydrogen-bond donors (Lipinski definition) is 1. The van der Waals surface area contributed by atoms with Crippen molar-refractivity contribution in [2.45, 2.75) is 6.42 Å². The van der Waals surface area contributed by atoms with Crippen molar-refractivity contribution in [2.75, 3.05) is 0 Å². The fraction of sp³-hybridized carbons (Fsp3) is 0.100. The van der Waals surface area contributed by atoms with Crippen LogP contribution < -0.4 is 5.69 Å². The van der Waals surface area contributed by atoms with E-state index in [2.05, 4.69) is 10.1 Å². The third-order valence-corrected chi connectivity index (χ3v) is 1.91. The number of hydrogen-bond acceptors (Lipinski definition) is 3. The third-order valence-electron chi connectivity index (χ3n) is 1.91. The van der Waals surface area contributed by atoms with E-state index < -0.39 is 0 Å². The van der Waals surface area contributed by atoms with Gasteiger partial charge in [0.15, 0.2) is 0 Å². The minimum Gasteiger partial charge on any atom is -0.292 e. The van der Waals surface area contributed by atoms with Gasteiger partial charge in [0.2, 0.25) is 0 Å². The summed E-state index contributed by atoms with van der Waals surface area (Å²) in [5.74, 6) is 0.381. The van der Waals surface area contributed by atoms with Crippen molar-refractivity contribution in [1.82, 2.24) is 14.8 Å². The lowest BCUT2D eigenvalue weighted by Crippen LogP contribution is -2.15. The topological polar surface area (TPSA) is 74.5 Å². The first kappa shape index (κ1) is 9.21. The first-order chi connectivity index (χ1) is 7.31. The molecule has 0 bridgehead atoms. The van der Waals surface area contributed by atoms with E-state index in [1.165, 1.54) is 4.68 Å². The van der Waals surface area contributed by atoms with Crippen LogP contribution in [-0.2, 0) is 6.42 Å². The summed E-state index contributed by atoms with van der Waals surface area (Å²) < 4.78 is 1.24. The van der Waals surface area contributed by atoms with Crippen molar-refractivity contribution in [3.05, 3.63) is 46.6 Å². The number of nitriles is 1. The van der Waals surface area contributed by atoms with Crippen LogP contribution in [0.25, 0.3) is 5.69 Å². The second-order valence-corrected chi connectivity index (χ2v) is 2.96. The smallest absolute Gasteiger partial charge is 0.292 e. The highest BCUT2D eigenvalue weighted by Crippen LogP contribution is 2.01. The van der Waals surface area contributed by atoms with Gasteiger partial charge in [-0.2, -0.15) is 9.94 Å². The largest absolute Gasteiger partial charge is 0.348 e. The quantitative estimate of drug-likeness (QED) is 0.772. The predicted octanol–water partition coefficient (Wildman–Crippen LogP) is 0.627. The van der Waals surface area contributed by atoms with Crippen LogP contribution in [-0.4, -0.2) is 14.8 Å². The number of benzene rings is 1. The molecule has 0 aliphatic heterocycles. The molecular formula is C10H8N4O. The molecule has 2 rings (SSSR count). The third kappa shape index (κ3) is 1.79. The molecular weight excluding hydrogens is 192 g/mol. The number of nitrogens with zero attached hydrogens (tertiary/aromatic N) is 3. The molecule has 15 heavy (non-hydrogen) atoms. The maximum atomic E-state index is 11.5. The summed E-state index contributed by atoms with van der Waals surface area (Å²) in [5, 5.41) is 12.5. The molecule has 1 aromatic carbocycles. The molecule has 0 atom stereocenters. The zero-order valence-electron chi connectivity index (χ0n) is 7.84. The lowest BCUT2D eigenvalue weighted by Gasteiger charge is -1.96. The van der Waals surface area contributed by atoms with Gasteiger partial charge < -0.3 is 0 Å². The first-order valence-electron chi connectivity index (χ1n) is 4.42. The van der Waals surface area contributed by atoms with Crippen LogP contribution in [0.3, 0.4) is 0 Å². The van der Waals surface area contributed by atoms with Crippen molar-refractivity contribution < 1.29 is 0 Å². The molecule has 0 unspecified atom stereocenters. The molecule has 0 saturated carbocycles. The first-order valence-corrected chi connectivity index (χ1v) is 4.42. The number of aromatic nitrogens is 3. The van der Waals surface area contributed by atoms with E-state index >= 15 is 0 Å². The van der Waals surface area contributed by atoms with Gasteiger partial charge in [-0.1, -0.05) is 18.2 Å². The number of para-hydroxylation sites is 1. The lowest BCUT2D eigenvalue weighted by molar-refractivity contribution is 0.827. The highest BCUT2D eigenvalue weighted by Gasteiger charge is 2.05. The highest BCUT2D eigenvalue weighted by molar-refractivity contribution is 5.29. The van der Waals surface area contributed by atoms with Crippen LogP contribution in [0.1, 0.15) is 5.82 Å². The van der Waals surface area contributed by atoms with E-state index in [0.717, 1.165) is 0 Å². The van der Waals surface area contributed by atoms with Crippen LogP contribution in [0.2, 0.25) is 0 Å². The summed E-state index contributed by atoms with van der Waals surface area (Å²) >= 11 is 0. The summed E-state index contributed by atoms with van der Waals surface area (Å²) in [6.07, 6.45) is 0.106. The van der Waals surface area contributed by atoms with E-state index in [1.54, 1.807) is 12.1 Å². The highest BCUT2D eigenvalue weighted by atomic mass is 16.1. The van der Waals surface area contributed by atoms with Crippen molar-refractivity contribution in [2.24, 2.45) is 0 Å². The van der Waals surface area contributed by atoms with Gasteiger partial charge in [-0.25, -0.2) is 4.79 Å². The van der Waals surface area contributed by atoms with E-state index in [4.69, 9.17) is 5.26 Å². The van der Waals surface area contributed by atoms with Crippen LogP contribution >= 0.6 is 0 Å². The number of rotatable bonds is 2. The van der Waals surface area contributed by atoms with Gasteiger partial charge in [0.1, 0.15) is 5.82 Å². The van der Waals surface area contributed by atoms with Crippen LogP contribution in [0.5, 0.6) is 0 Å². The number of nitrogens with one attached hydrogen (secondary N) is 1. The molecule has 0 fully saturated rings. The Morgan fingerprint density at radius 2 is 2.13 bits per heavy atom. The molecule has 0 amide bonds. The Morgan fingerprint density at radius 3 is 2.80 bits per heavy atom.